The molecular weight excluding hydrogens is 304 g/mol. The van der Waals surface area contributed by atoms with Gasteiger partial charge in [-0.25, -0.2) is 4.79 Å². The average Bonchev–Trinajstić information content (AvgIpc) is 2.52. The van der Waals surface area contributed by atoms with Gasteiger partial charge in [0.05, 0.1) is 7.11 Å². The summed E-state index contributed by atoms with van der Waals surface area (Å²) >= 11 is 0. The fourth-order valence-electron chi connectivity index (χ4n) is 1.88. The fourth-order valence-corrected chi connectivity index (χ4v) is 1.88. The zero-order chi connectivity index (χ0) is 17.1. The van der Waals surface area contributed by atoms with Crippen LogP contribution < -0.4 is 16.0 Å². The van der Waals surface area contributed by atoms with Gasteiger partial charge in [-0.15, -0.1) is 0 Å². The standard InChI is InChI=1S/C15H14N2O6/c1-17-14(21)12(13(20)16-15(17)22)10(19)6-4-8-3-5-9(18)11(7-8)23-2/h3-7,18,21H,1-2H3,(H,16,20,22). The number of hydrogen-bond donors (Lipinski definition) is 3. The third-order valence-electron chi connectivity index (χ3n) is 3.17. The largest absolute Gasteiger partial charge is 0.504 e. The second-order valence-electron chi connectivity index (χ2n) is 4.65. The number of phenols is 1. The van der Waals surface area contributed by atoms with Crippen LogP contribution in [-0.4, -0.2) is 32.7 Å². The molecule has 0 unspecified atom stereocenters. The van der Waals surface area contributed by atoms with E-state index in [-0.39, 0.29) is 11.5 Å². The second kappa shape index (κ2) is 6.22. The van der Waals surface area contributed by atoms with Gasteiger partial charge in [-0.3, -0.25) is 19.1 Å². The van der Waals surface area contributed by atoms with Gasteiger partial charge in [-0.2, -0.15) is 0 Å². The Balaban J connectivity index is 2.38. The minimum absolute atomic E-state index is 0.0527. The van der Waals surface area contributed by atoms with Crippen molar-refractivity contribution in [2.75, 3.05) is 7.11 Å². The van der Waals surface area contributed by atoms with E-state index < -0.39 is 28.5 Å². The molecule has 0 bridgehead atoms. The van der Waals surface area contributed by atoms with Crippen LogP contribution in [0.3, 0.4) is 0 Å². The third kappa shape index (κ3) is 3.15. The summed E-state index contributed by atoms with van der Waals surface area (Å²) in [4.78, 5) is 37.0. The van der Waals surface area contributed by atoms with Gasteiger partial charge in [0, 0.05) is 7.05 Å². The van der Waals surface area contributed by atoms with Crippen molar-refractivity contribution in [2.24, 2.45) is 7.05 Å². The van der Waals surface area contributed by atoms with Gasteiger partial charge in [0.15, 0.2) is 17.3 Å². The molecule has 0 aliphatic rings. The molecule has 120 valence electrons. The number of aromatic hydroxyl groups is 2. The normalized spacial score (nSPS) is 10.9. The number of rotatable bonds is 4. The number of ketones is 1. The third-order valence-corrected chi connectivity index (χ3v) is 3.17. The zero-order valence-electron chi connectivity index (χ0n) is 12.4. The van der Waals surface area contributed by atoms with Gasteiger partial charge in [0.2, 0.25) is 5.88 Å². The summed E-state index contributed by atoms with van der Waals surface area (Å²) in [7, 11) is 2.61. The molecule has 0 radical (unpaired) electrons. The maximum atomic E-state index is 12.1. The molecule has 0 spiro atoms. The highest BCUT2D eigenvalue weighted by molar-refractivity contribution is 6.08. The number of H-pyrrole nitrogens is 1. The van der Waals surface area contributed by atoms with Crippen LogP contribution in [0.4, 0.5) is 0 Å². The number of nitrogens with one attached hydrogen (secondary N) is 1. The molecule has 3 N–H and O–H groups in total. The van der Waals surface area contributed by atoms with E-state index >= 15 is 0 Å². The summed E-state index contributed by atoms with van der Waals surface area (Å²) in [6.45, 7) is 0. The van der Waals surface area contributed by atoms with E-state index in [9.17, 15) is 24.6 Å². The van der Waals surface area contributed by atoms with Crippen LogP contribution in [0, 0.1) is 0 Å². The number of phenolic OH excluding ortho intramolecular Hbond substituents is 1. The maximum absolute atomic E-state index is 12.1. The minimum Gasteiger partial charge on any atom is -0.504 e. The molecule has 8 heteroatoms. The van der Waals surface area contributed by atoms with E-state index in [1.54, 1.807) is 0 Å². The molecule has 1 aromatic carbocycles. The summed E-state index contributed by atoms with van der Waals surface area (Å²) in [5, 5.41) is 19.3. The lowest BCUT2D eigenvalue weighted by atomic mass is 10.1. The van der Waals surface area contributed by atoms with Crippen molar-refractivity contribution in [3.8, 4) is 17.4 Å². The number of methoxy groups -OCH3 is 1. The molecule has 0 atom stereocenters. The van der Waals surface area contributed by atoms with Crippen molar-refractivity contribution >= 4 is 11.9 Å². The maximum Gasteiger partial charge on any atom is 0.330 e. The number of ether oxygens (including phenoxy) is 1. The molecule has 8 nitrogen and oxygen atoms in total. The first-order valence-electron chi connectivity index (χ1n) is 6.47. The average molecular weight is 318 g/mol. The number of hydrogen-bond acceptors (Lipinski definition) is 6. The second-order valence-corrected chi connectivity index (χ2v) is 4.65. The first kappa shape index (κ1) is 16.1. The van der Waals surface area contributed by atoms with E-state index in [4.69, 9.17) is 4.74 Å². The highest BCUT2D eigenvalue weighted by atomic mass is 16.5. The summed E-state index contributed by atoms with van der Waals surface area (Å²) in [5.74, 6) is -1.31. The number of benzene rings is 1. The molecule has 1 heterocycles. The summed E-state index contributed by atoms with van der Waals surface area (Å²) in [5.41, 5.74) is -1.79. The topological polar surface area (TPSA) is 122 Å². The molecule has 0 saturated carbocycles. The van der Waals surface area contributed by atoms with Crippen LogP contribution in [0.15, 0.2) is 33.9 Å². The predicted octanol–water partition coefficient (Wildman–Crippen LogP) is 0.390. The first-order chi connectivity index (χ1) is 10.8. The molecule has 2 aromatic rings. The van der Waals surface area contributed by atoms with Gasteiger partial charge in [-0.05, 0) is 23.8 Å². The van der Waals surface area contributed by atoms with Crippen molar-refractivity contribution in [1.29, 1.82) is 0 Å². The Bertz CT molecular complexity index is 907. The van der Waals surface area contributed by atoms with Gasteiger partial charge in [0.1, 0.15) is 5.56 Å². The Labute approximate surface area is 129 Å². The fraction of sp³-hybridized carbons (Fsp3) is 0.133. The first-order valence-corrected chi connectivity index (χ1v) is 6.47. The molecule has 2 rings (SSSR count). The molecule has 23 heavy (non-hydrogen) atoms. The van der Waals surface area contributed by atoms with Gasteiger partial charge < -0.3 is 14.9 Å². The molecule has 0 amide bonds. The lowest BCUT2D eigenvalue weighted by molar-refractivity contribution is 0.104. The SMILES string of the molecule is COc1cc(C=CC(=O)c2c(O)n(C)c(=O)[nH]c2=O)ccc1O. The Kier molecular flexibility index (Phi) is 4.35. The van der Waals surface area contributed by atoms with E-state index in [0.717, 1.165) is 10.6 Å². The van der Waals surface area contributed by atoms with Gasteiger partial charge >= 0.3 is 5.69 Å². The Morgan fingerprint density at radius 1 is 1.30 bits per heavy atom. The van der Waals surface area contributed by atoms with Crippen LogP contribution in [-0.2, 0) is 7.05 Å². The van der Waals surface area contributed by atoms with Crippen LogP contribution >= 0.6 is 0 Å². The number of allylic oxidation sites excluding steroid dienone is 1. The molecule has 0 fully saturated rings. The highest BCUT2D eigenvalue weighted by Crippen LogP contribution is 2.26. The smallest absolute Gasteiger partial charge is 0.330 e. The molecule has 0 aliphatic heterocycles. The highest BCUT2D eigenvalue weighted by Gasteiger charge is 2.17. The number of carbonyl (C=O) groups is 1. The molecule has 0 saturated heterocycles. The summed E-state index contributed by atoms with van der Waals surface area (Å²) in [6.07, 6.45) is 2.45. The zero-order valence-corrected chi connectivity index (χ0v) is 12.4. The van der Waals surface area contributed by atoms with Gasteiger partial charge in [-0.1, -0.05) is 12.1 Å². The number of aromatic nitrogens is 2. The minimum atomic E-state index is -0.969. The predicted molar refractivity (Wildman–Crippen MR) is 82.0 cm³/mol. The Morgan fingerprint density at radius 3 is 2.65 bits per heavy atom. The summed E-state index contributed by atoms with van der Waals surface area (Å²) in [6, 6.07) is 4.41. The molecule has 1 aromatic heterocycles. The van der Waals surface area contributed by atoms with Crippen molar-refractivity contribution in [3.05, 3.63) is 56.2 Å². The lowest BCUT2D eigenvalue weighted by Crippen LogP contribution is -2.32. The summed E-state index contributed by atoms with van der Waals surface area (Å²) < 4.78 is 5.70. The monoisotopic (exact) mass is 318 g/mol. The Morgan fingerprint density at radius 2 is 2.00 bits per heavy atom. The van der Waals surface area contributed by atoms with Crippen LogP contribution in [0.5, 0.6) is 17.4 Å². The van der Waals surface area contributed by atoms with Gasteiger partial charge in [0.25, 0.3) is 5.56 Å². The van der Waals surface area contributed by atoms with E-state index in [0.29, 0.717) is 5.56 Å². The van der Waals surface area contributed by atoms with E-state index in [1.807, 2.05) is 4.98 Å². The molecular formula is C15H14N2O6. The van der Waals surface area contributed by atoms with Crippen LogP contribution in [0.25, 0.3) is 6.08 Å². The van der Waals surface area contributed by atoms with Crippen molar-refractivity contribution < 1.29 is 19.7 Å². The number of carbonyl (C=O) groups excluding carboxylic acids is 1. The number of aromatic amines is 1. The van der Waals surface area contributed by atoms with E-state index in [1.165, 1.54) is 38.4 Å². The van der Waals surface area contributed by atoms with Crippen LogP contribution in [0.2, 0.25) is 0 Å². The lowest BCUT2D eigenvalue weighted by Gasteiger charge is -2.05. The molecule has 0 aliphatic carbocycles. The van der Waals surface area contributed by atoms with E-state index in [2.05, 4.69) is 0 Å². The quantitative estimate of drug-likeness (QED) is 0.554. The van der Waals surface area contributed by atoms with Crippen LogP contribution in [0.1, 0.15) is 15.9 Å². The van der Waals surface area contributed by atoms with Crippen molar-refractivity contribution in [1.82, 2.24) is 9.55 Å². The number of nitrogens with zero attached hydrogens (tertiary/aromatic N) is 1. The van der Waals surface area contributed by atoms with Crippen molar-refractivity contribution in [3.63, 3.8) is 0 Å². The Hall–Kier alpha value is -3.29. The van der Waals surface area contributed by atoms with Crippen molar-refractivity contribution in [2.45, 2.75) is 0 Å².